The lowest BCUT2D eigenvalue weighted by molar-refractivity contribution is 0.0730. The van der Waals surface area contributed by atoms with Gasteiger partial charge < -0.3 is 10.6 Å². The lowest BCUT2D eigenvalue weighted by Crippen LogP contribution is -2.31. The van der Waals surface area contributed by atoms with Gasteiger partial charge in [0.2, 0.25) is 0 Å². The molecule has 6 heteroatoms. The Labute approximate surface area is 117 Å². The smallest absolute Gasteiger partial charge is 0.277 e. The van der Waals surface area contributed by atoms with Crippen molar-refractivity contribution in [2.75, 3.05) is 12.3 Å². The summed E-state index contributed by atoms with van der Waals surface area (Å²) in [5, 5.41) is 6.79. The van der Waals surface area contributed by atoms with Crippen molar-refractivity contribution in [2.45, 2.75) is 25.8 Å². The first-order valence-electron chi connectivity index (χ1n) is 6.70. The molecular weight excluding hydrogens is 254 g/mol. The van der Waals surface area contributed by atoms with E-state index in [-0.39, 0.29) is 11.9 Å². The molecule has 0 radical (unpaired) electrons. The van der Waals surface area contributed by atoms with E-state index in [0.29, 0.717) is 11.4 Å². The Morgan fingerprint density at radius 1 is 1.55 bits per heavy atom. The summed E-state index contributed by atoms with van der Waals surface area (Å²) < 4.78 is 0. The molecule has 0 spiro atoms. The van der Waals surface area contributed by atoms with E-state index in [1.807, 2.05) is 30.2 Å². The maximum Gasteiger partial charge on any atom is 0.277 e. The summed E-state index contributed by atoms with van der Waals surface area (Å²) in [7, 11) is 0. The lowest BCUT2D eigenvalue weighted by Gasteiger charge is -2.24. The number of nitrogens with zero attached hydrogens (tertiary/aromatic N) is 3. The quantitative estimate of drug-likeness (QED) is 0.869. The highest BCUT2D eigenvalue weighted by molar-refractivity contribution is 5.98. The van der Waals surface area contributed by atoms with Crippen LogP contribution in [0.2, 0.25) is 0 Å². The Morgan fingerprint density at radius 3 is 3.05 bits per heavy atom. The molecule has 0 bridgehead atoms. The molecule has 0 aromatic carbocycles. The molecule has 3 rings (SSSR count). The van der Waals surface area contributed by atoms with E-state index in [2.05, 4.69) is 15.2 Å². The zero-order valence-electron chi connectivity index (χ0n) is 11.3. The van der Waals surface area contributed by atoms with E-state index >= 15 is 0 Å². The second kappa shape index (κ2) is 4.96. The number of aromatic nitrogens is 3. The Kier molecular flexibility index (Phi) is 3.14. The van der Waals surface area contributed by atoms with Crippen molar-refractivity contribution in [1.29, 1.82) is 0 Å². The Morgan fingerprint density at radius 2 is 2.40 bits per heavy atom. The van der Waals surface area contributed by atoms with Gasteiger partial charge in [0.1, 0.15) is 0 Å². The molecule has 2 aromatic heterocycles. The van der Waals surface area contributed by atoms with Gasteiger partial charge in [0.15, 0.2) is 5.69 Å². The van der Waals surface area contributed by atoms with E-state index in [0.717, 1.165) is 30.6 Å². The number of anilines is 1. The summed E-state index contributed by atoms with van der Waals surface area (Å²) in [6.45, 7) is 2.53. The molecule has 1 fully saturated rings. The van der Waals surface area contributed by atoms with Crippen LogP contribution in [0, 0.1) is 6.92 Å². The van der Waals surface area contributed by atoms with E-state index in [1.54, 1.807) is 6.20 Å². The average molecular weight is 271 g/mol. The van der Waals surface area contributed by atoms with Crippen molar-refractivity contribution in [2.24, 2.45) is 0 Å². The molecule has 0 saturated carbocycles. The van der Waals surface area contributed by atoms with E-state index in [9.17, 15) is 4.79 Å². The predicted octanol–water partition coefficient (Wildman–Crippen LogP) is 1.67. The van der Waals surface area contributed by atoms with E-state index in [4.69, 9.17) is 5.73 Å². The number of likely N-dealkylation sites (tertiary alicyclic amines) is 1. The first-order chi connectivity index (χ1) is 9.68. The maximum atomic E-state index is 12.6. The van der Waals surface area contributed by atoms with Crippen LogP contribution in [-0.4, -0.2) is 32.5 Å². The van der Waals surface area contributed by atoms with Gasteiger partial charge in [-0.3, -0.25) is 14.9 Å². The summed E-state index contributed by atoms with van der Waals surface area (Å²) in [4.78, 5) is 18.6. The number of H-pyrrole nitrogens is 1. The molecular formula is C14H17N5O. The van der Waals surface area contributed by atoms with Crippen LogP contribution in [-0.2, 0) is 0 Å². The number of hydrogen-bond acceptors (Lipinski definition) is 4. The highest BCUT2D eigenvalue weighted by atomic mass is 16.2. The maximum absolute atomic E-state index is 12.6. The standard InChI is InChI=1S/C14H17N5O/c1-9-12(15)13(18-17-9)14(20)19-7-3-5-11(19)10-4-2-6-16-8-10/h2,4,6,8,11H,3,5,7,15H2,1H3,(H,17,18). The Bertz CT molecular complexity index is 622. The SMILES string of the molecule is Cc1[nH]nc(C(=O)N2CCCC2c2cccnc2)c1N. The van der Waals surface area contributed by atoms with E-state index in [1.165, 1.54) is 0 Å². The topological polar surface area (TPSA) is 87.9 Å². The summed E-state index contributed by atoms with van der Waals surface area (Å²) in [5.41, 5.74) is 8.44. The first-order valence-corrected chi connectivity index (χ1v) is 6.70. The van der Waals surface area contributed by atoms with Crippen LogP contribution in [0.1, 0.15) is 40.6 Å². The molecule has 1 saturated heterocycles. The molecule has 20 heavy (non-hydrogen) atoms. The third kappa shape index (κ3) is 2.03. The molecule has 1 unspecified atom stereocenters. The van der Waals surface area contributed by atoms with Crippen LogP contribution < -0.4 is 5.73 Å². The first kappa shape index (κ1) is 12.7. The van der Waals surface area contributed by atoms with Crippen LogP contribution >= 0.6 is 0 Å². The second-order valence-corrected chi connectivity index (χ2v) is 5.05. The van der Waals surface area contributed by atoms with Gasteiger partial charge in [-0.15, -0.1) is 0 Å². The highest BCUT2D eigenvalue weighted by Gasteiger charge is 2.32. The number of carbonyl (C=O) groups is 1. The molecule has 1 aliphatic heterocycles. The monoisotopic (exact) mass is 271 g/mol. The van der Waals surface area contributed by atoms with Crippen molar-refractivity contribution in [1.82, 2.24) is 20.1 Å². The number of nitrogens with two attached hydrogens (primary N) is 1. The molecule has 1 amide bonds. The number of pyridine rings is 1. The highest BCUT2D eigenvalue weighted by Crippen LogP contribution is 2.33. The molecule has 6 nitrogen and oxygen atoms in total. The van der Waals surface area contributed by atoms with Gasteiger partial charge in [0, 0.05) is 18.9 Å². The van der Waals surface area contributed by atoms with Gasteiger partial charge >= 0.3 is 0 Å². The van der Waals surface area contributed by atoms with Crippen LogP contribution in [0.5, 0.6) is 0 Å². The number of nitrogens with one attached hydrogen (secondary N) is 1. The summed E-state index contributed by atoms with van der Waals surface area (Å²) in [5.74, 6) is -0.113. The van der Waals surface area contributed by atoms with Crippen LogP contribution in [0.25, 0.3) is 0 Å². The average Bonchev–Trinajstić information content (AvgIpc) is 3.08. The fourth-order valence-corrected chi connectivity index (χ4v) is 2.67. The number of carbonyl (C=O) groups excluding carboxylic acids is 1. The largest absolute Gasteiger partial charge is 0.395 e. The number of aromatic amines is 1. The molecule has 104 valence electrons. The minimum Gasteiger partial charge on any atom is -0.395 e. The fourth-order valence-electron chi connectivity index (χ4n) is 2.67. The van der Waals surface area contributed by atoms with Crippen molar-refractivity contribution >= 4 is 11.6 Å². The van der Waals surface area contributed by atoms with Gasteiger partial charge in [-0.05, 0) is 31.4 Å². The van der Waals surface area contributed by atoms with Crippen molar-refractivity contribution in [3.63, 3.8) is 0 Å². The van der Waals surface area contributed by atoms with Gasteiger partial charge in [0.25, 0.3) is 5.91 Å². The Hall–Kier alpha value is -2.37. The zero-order chi connectivity index (χ0) is 14.1. The van der Waals surface area contributed by atoms with Gasteiger partial charge in [-0.1, -0.05) is 6.07 Å². The molecule has 1 atom stereocenters. The van der Waals surface area contributed by atoms with Gasteiger partial charge in [-0.2, -0.15) is 5.10 Å². The number of rotatable bonds is 2. The third-order valence-corrected chi connectivity index (χ3v) is 3.78. The van der Waals surface area contributed by atoms with Crippen molar-refractivity contribution in [3.05, 3.63) is 41.5 Å². The number of aryl methyl sites for hydroxylation is 1. The van der Waals surface area contributed by atoms with Crippen LogP contribution in [0.15, 0.2) is 24.5 Å². The second-order valence-electron chi connectivity index (χ2n) is 5.05. The van der Waals surface area contributed by atoms with Gasteiger partial charge in [0.05, 0.1) is 17.4 Å². The summed E-state index contributed by atoms with van der Waals surface area (Å²) in [6, 6.07) is 3.96. The molecule has 3 N–H and O–H groups in total. The van der Waals surface area contributed by atoms with Crippen molar-refractivity contribution < 1.29 is 4.79 Å². The number of hydrogen-bond donors (Lipinski definition) is 2. The molecule has 0 aliphatic carbocycles. The van der Waals surface area contributed by atoms with E-state index < -0.39 is 0 Å². The van der Waals surface area contributed by atoms with Crippen LogP contribution in [0.3, 0.4) is 0 Å². The summed E-state index contributed by atoms with van der Waals surface area (Å²) >= 11 is 0. The molecule has 2 aromatic rings. The predicted molar refractivity (Wildman–Crippen MR) is 75.0 cm³/mol. The molecule has 3 heterocycles. The zero-order valence-corrected chi connectivity index (χ0v) is 11.3. The fraction of sp³-hybridized carbons (Fsp3) is 0.357. The minimum absolute atomic E-state index is 0.0626. The van der Waals surface area contributed by atoms with Crippen LogP contribution in [0.4, 0.5) is 5.69 Å². The third-order valence-electron chi connectivity index (χ3n) is 3.78. The normalized spacial score (nSPS) is 18.4. The number of nitrogen functional groups attached to an aromatic ring is 1. The van der Waals surface area contributed by atoms with Crippen molar-refractivity contribution in [3.8, 4) is 0 Å². The molecule has 1 aliphatic rings. The Balaban J connectivity index is 1.89. The number of amides is 1. The lowest BCUT2D eigenvalue weighted by atomic mass is 10.1. The minimum atomic E-state index is -0.113. The van der Waals surface area contributed by atoms with Gasteiger partial charge in [-0.25, -0.2) is 0 Å². The summed E-state index contributed by atoms with van der Waals surface area (Å²) in [6.07, 6.45) is 5.48.